The molecule has 1 aromatic carbocycles. The smallest absolute Gasteiger partial charge is 0.0207 e. The van der Waals surface area contributed by atoms with Gasteiger partial charge in [-0.1, -0.05) is 23.8 Å². The Hall–Kier alpha value is -0.820. The van der Waals surface area contributed by atoms with E-state index in [4.69, 9.17) is 5.73 Å². The maximum Gasteiger partial charge on any atom is 0.0207 e. The Balaban J connectivity index is 2.43. The van der Waals surface area contributed by atoms with Crippen LogP contribution in [0.25, 0.3) is 0 Å². The van der Waals surface area contributed by atoms with E-state index in [9.17, 15) is 0 Å². The van der Waals surface area contributed by atoms with Crippen molar-refractivity contribution in [2.75, 3.05) is 0 Å². The highest BCUT2D eigenvalue weighted by Crippen LogP contribution is 2.28. The van der Waals surface area contributed by atoms with Crippen LogP contribution in [-0.4, -0.2) is 5.54 Å². The number of benzene rings is 1. The van der Waals surface area contributed by atoms with Crippen LogP contribution in [0.3, 0.4) is 0 Å². The predicted molar refractivity (Wildman–Crippen MR) is 51.2 cm³/mol. The fourth-order valence-corrected chi connectivity index (χ4v) is 2.02. The average Bonchev–Trinajstić information content (AvgIpc) is 2.21. The third-order valence-corrected chi connectivity index (χ3v) is 2.55. The van der Waals surface area contributed by atoms with Crippen molar-refractivity contribution in [2.24, 2.45) is 5.73 Å². The molecule has 0 aliphatic heterocycles. The molecule has 1 heteroatoms. The molecule has 0 radical (unpaired) electrons. The van der Waals surface area contributed by atoms with Gasteiger partial charge in [0.05, 0.1) is 0 Å². The summed E-state index contributed by atoms with van der Waals surface area (Å²) in [6.07, 6.45) is 2.06. The summed E-state index contributed by atoms with van der Waals surface area (Å²) in [7, 11) is 0. The van der Waals surface area contributed by atoms with Crippen molar-refractivity contribution >= 4 is 0 Å². The fourth-order valence-electron chi connectivity index (χ4n) is 2.02. The third-order valence-electron chi connectivity index (χ3n) is 2.55. The molecule has 1 aliphatic rings. The van der Waals surface area contributed by atoms with Crippen LogP contribution in [0.15, 0.2) is 18.2 Å². The Bertz CT molecular complexity index is 313. The Kier molecular flexibility index (Phi) is 1.52. The van der Waals surface area contributed by atoms with E-state index in [-0.39, 0.29) is 5.54 Å². The molecule has 2 rings (SSSR count). The van der Waals surface area contributed by atoms with Gasteiger partial charge in [-0.15, -0.1) is 0 Å². The Morgan fingerprint density at radius 2 is 1.92 bits per heavy atom. The quantitative estimate of drug-likeness (QED) is 0.617. The summed E-state index contributed by atoms with van der Waals surface area (Å²) in [5, 5.41) is 0. The lowest BCUT2D eigenvalue weighted by Crippen LogP contribution is -2.36. The van der Waals surface area contributed by atoms with E-state index < -0.39 is 0 Å². The Labute approximate surface area is 73.6 Å². The van der Waals surface area contributed by atoms with Crippen molar-refractivity contribution in [1.82, 2.24) is 0 Å². The topological polar surface area (TPSA) is 26.0 Å². The first-order valence-corrected chi connectivity index (χ1v) is 4.44. The van der Waals surface area contributed by atoms with Crippen LogP contribution in [0.4, 0.5) is 0 Å². The van der Waals surface area contributed by atoms with Gasteiger partial charge in [-0.2, -0.15) is 0 Å². The highest BCUT2D eigenvalue weighted by molar-refractivity contribution is 5.38. The second kappa shape index (κ2) is 2.33. The molecule has 0 saturated carbocycles. The number of rotatable bonds is 0. The van der Waals surface area contributed by atoms with E-state index in [1.54, 1.807) is 0 Å². The molecular formula is C11H15N. The van der Waals surface area contributed by atoms with Crippen molar-refractivity contribution in [3.05, 3.63) is 34.9 Å². The van der Waals surface area contributed by atoms with Crippen LogP contribution < -0.4 is 5.73 Å². The van der Waals surface area contributed by atoms with Gasteiger partial charge >= 0.3 is 0 Å². The zero-order valence-corrected chi connectivity index (χ0v) is 7.72. The maximum absolute atomic E-state index is 6.08. The summed E-state index contributed by atoms with van der Waals surface area (Å²) in [6.45, 7) is 4.26. The number of hydrogen-bond acceptors (Lipinski definition) is 1. The molecule has 0 bridgehead atoms. The van der Waals surface area contributed by atoms with E-state index in [0.29, 0.717) is 0 Å². The normalized spacial score (nSPS) is 27.2. The Morgan fingerprint density at radius 3 is 2.67 bits per heavy atom. The zero-order chi connectivity index (χ0) is 8.77. The zero-order valence-electron chi connectivity index (χ0n) is 7.72. The van der Waals surface area contributed by atoms with Gasteiger partial charge in [0.15, 0.2) is 0 Å². The van der Waals surface area contributed by atoms with E-state index in [1.165, 1.54) is 16.7 Å². The second-order valence-corrected chi connectivity index (χ2v) is 4.28. The summed E-state index contributed by atoms with van der Waals surface area (Å²) in [5.74, 6) is 0. The third kappa shape index (κ3) is 1.25. The van der Waals surface area contributed by atoms with E-state index in [2.05, 4.69) is 32.0 Å². The van der Waals surface area contributed by atoms with Crippen LogP contribution in [0.5, 0.6) is 0 Å². The molecule has 0 spiro atoms. The SMILES string of the molecule is Cc1ccc2c(c1)CC(C)(N)C2. The first kappa shape index (κ1) is 7.81. The van der Waals surface area contributed by atoms with Crippen molar-refractivity contribution in [3.8, 4) is 0 Å². The molecule has 64 valence electrons. The van der Waals surface area contributed by atoms with E-state index in [1.807, 2.05) is 0 Å². The highest BCUT2D eigenvalue weighted by Gasteiger charge is 2.28. The summed E-state index contributed by atoms with van der Waals surface area (Å²) >= 11 is 0. The monoisotopic (exact) mass is 161 g/mol. The predicted octanol–water partition coefficient (Wildman–Crippen LogP) is 1.81. The van der Waals surface area contributed by atoms with Gasteiger partial charge in [0, 0.05) is 5.54 Å². The van der Waals surface area contributed by atoms with E-state index in [0.717, 1.165) is 12.8 Å². The minimum absolute atomic E-state index is 0.00384. The number of hydrogen-bond donors (Lipinski definition) is 1. The Morgan fingerprint density at radius 1 is 1.25 bits per heavy atom. The summed E-state index contributed by atoms with van der Waals surface area (Å²) in [6, 6.07) is 6.64. The molecule has 0 aromatic heterocycles. The highest BCUT2D eigenvalue weighted by atomic mass is 14.7. The largest absolute Gasteiger partial charge is 0.325 e. The molecule has 1 aliphatic carbocycles. The summed E-state index contributed by atoms with van der Waals surface area (Å²) < 4.78 is 0. The van der Waals surface area contributed by atoms with Crippen LogP contribution in [0.1, 0.15) is 23.6 Å². The van der Waals surface area contributed by atoms with Crippen LogP contribution in [0, 0.1) is 6.92 Å². The first-order valence-electron chi connectivity index (χ1n) is 4.44. The summed E-state index contributed by atoms with van der Waals surface area (Å²) in [4.78, 5) is 0. The van der Waals surface area contributed by atoms with Gasteiger partial charge in [0.25, 0.3) is 0 Å². The minimum Gasteiger partial charge on any atom is -0.325 e. The van der Waals surface area contributed by atoms with Crippen LogP contribution in [0.2, 0.25) is 0 Å². The van der Waals surface area contributed by atoms with Gasteiger partial charge in [0.1, 0.15) is 0 Å². The van der Waals surface area contributed by atoms with Gasteiger partial charge in [-0.3, -0.25) is 0 Å². The number of fused-ring (bicyclic) bond motifs is 1. The molecule has 0 heterocycles. The maximum atomic E-state index is 6.08. The molecule has 1 atom stereocenters. The second-order valence-electron chi connectivity index (χ2n) is 4.28. The standard InChI is InChI=1S/C11H15N/c1-8-3-4-9-6-11(2,12)7-10(9)5-8/h3-5H,6-7,12H2,1-2H3. The summed E-state index contributed by atoms with van der Waals surface area (Å²) in [5.41, 5.74) is 10.3. The lowest BCUT2D eigenvalue weighted by Gasteiger charge is -2.15. The van der Waals surface area contributed by atoms with Gasteiger partial charge < -0.3 is 5.73 Å². The van der Waals surface area contributed by atoms with Gasteiger partial charge in [-0.25, -0.2) is 0 Å². The molecule has 0 saturated heterocycles. The van der Waals surface area contributed by atoms with Crippen LogP contribution >= 0.6 is 0 Å². The average molecular weight is 161 g/mol. The molecule has 2 N–H and O–H groups in total. The lowest BCUT2D eigenvalue weighted by atomic mass is 10.0. The molecule has 0 fully saturated rings. The number of aryl methyl sites for hydroxylation is 1. The molecule has 12 heavy (non-hydrogen) atoms. The lowest BCUT2D eigenvalue weighted by molar-refractivity contribution is 0.499. The van der Waals surface area contributed by atoms with E-state index >= 15 is 0 Å². The van der Waals surface area contributed by atoms with Crippen molar-refractivity contribution in [1.29, 1.82) is 0 Å². The molecule has 1 aromatic rings. The number of nitrogens with two attached hydrogens (primary N) is 1. The molecule has 1 nitrogen and oxygen atoms in total. The molecule has 0 amide bonds. The van der Waals surface area contributed by atoms with Crippen molar-refractivity contribution in [3.63, 3.8) is 0 Å². The first-order chi connectivity index (χ1) is 5.57. The molecule has 1 unspecified atom stereocenters. The van der Waals surface area contributed by atoms with Crippen molar-refractivity contribution < 1.29 is 0 Å². The fraction of sp³-hybridized carbons (Fsp3) is 0.455. The van der Waals surface area contributed by atoms with Gasteiger partial charge in [-0.05, 0) is 37.8 Å². The van der Waals surface area contributed by atoms with Gasteiger partial charge in [0.2, 0.25) is 0 Å². The molecular weight excluding hydrogens is 146 g/mol. The van der Waals surface area contributed by atoms with Crippen molar-refractivity contribution in [2.45, 2.75) is 32.2 Å². The van der Waals surface area contributed by atoms with Crippen LogP contribution in [-0.2, 0) is 12.8 Å². The minimum atomic E-state index is -0.00384.